The van der Waals surface area contributed by atoms with Crippen molar-refractivity contribution < 1.29 is 4.74 Å². The molecule has 0 saturated carbocycles. The first kappa shape index (κ1) is 10.7. The minimum atomic E-state index is 0.514. The number of aromatic nitrogens is 1. The highest BCUT2D eigenvalue weighted by Gasteiger charge is 2.16. The normalized spacial score (nSPS) is 18.7. The van der Waals surface area contributed by atoms with E-state index in [-0.39, 0.29) is 0 Å². The fourth-order valence-corrected chi connectivity index (χ4v) is 2.47. The first-order chi connectivity index (χ1) is 8.42. The SMILES string of the molecule is c1csc(-c2cncc(OCC3CCN3)c2)c1. The quantitative estimate of drug-likeness (QED) is 0.900. The minimum Gasteiger partial charge on any atom is -0.490 e. The number of ether oxygens (including phenoxy) is 1. The van der Waals surface area contributed by atoms with E-state index in [1.165, 1.54) is 11.3 Å². The molecule has 0 aliphatic carbocycles. The fraction of sp³-hybridized carbons (Fsp3) is 0.308. The van der Waals surface area contributed by atoms with E-state index in [4.69, 9.17) is 4.74 Å². The Kier molecular flexibility index (Phi) is 3.07. The molecule has 1 aliphatic heterocycles. The summed E-state index contributed by atoms with van der Waals surface area (Å²) >= 11 is 1.72. The summed E-state index contributed by atoms with van der Waals surface area (Å²) in [6.45, 7) is 1.84. The van der Waals surface area contributed by atoms with Crippen LogP contribution in [0.25, 0.3) is 10.4 Å². The van der Waals surface area contributed by atoms with Crippen LogP contribution < -0.4 is 10.1 Å². The van der Waals surface area contributed by atoms with Crippen LogP contribution in [0, 0.1) is 0 Å². The maximum absolute atomic E-state index is 5.73. The fourth-order valence-electron chi connectivity index (χ4n) is 1.76. The van der Waals surface area contributed by atoms with E-state index in [2.05, 4.69) is 27.8 Å². The second-order valence-electron chi connectivity index (χ2n) is 4.14. The van der Waals surface area contributed by atoms with Gasteiger partial charge in [0.2, 0.25) is 0 Å². The van der Waals surface area contributed by atoms with Crippen molar-refractivity contribution in [1.29, 1.82) is 0 Å². The molecule has 1 aliphatic rings. The number of hydrogen-bond acceptors (Lipinski definition) is 4. The number of nitrogens with zero attached hydrogens (tertiary/aromatic N) is 1. The molecular weight excluding hydrogens is 232 g/mol. The molecule has 1 saturated heterocycles. The van der Waals surface area contributed by atoms with Gasteiger partial charge in [-0.1, -0.05) is 6.07 Å². The van der Waals surface area contributed by atoms with Crippen molar-refractivity contribution in [2.45, 2.75) is 12.5 Å². The standard InChI is InChI=1S/C13H14N2OS/c1-2-13(17-5-1)10-6-12(8-14-7-10)16-9-11-3-4-15-11/h1-2,5-8,11,15H,3-4,9H2. The average molecular weight is 246 g/mol. The molecule has 0 aromatic carbocycles. The van der Waals surface area contributed by atoms with Crippen molar-refractivity contribution in [2.24, 2.45) is 0 Å². The molecule has 3 rings (SSSR count). The monoisotopic (exact) mass is 246 g/mol. The van der Waals surface area contributed by atoms with Gasteiger partial charge in [-0.25, -0.2) is 0 Å². The van der Waals surface area contributed by atoms with E-state index < -0.39 is 0 Å². The molecule has 2 aromatic heterocycles. The van der Waals surface area contributed by atoms with E-state index in [9.17, 15) is 0 Å². The lowest BCUT2D eigenvalue weighted by Gasteiger charge is -2.27. The third-order valence-electron chi connectivity index (χ3n) is 2.90. The molecule has 3 heterocycles. The van der Waals surface area contributed by atoms with Crippen molar-refractivity contribution in [3.63, 3.8) is 0 Å². The Morgan fingerprint density at radius 1 is 1.47 bits per heavy atom. The van der Waals surface area contributed by atoms with Crippen LogP contribution in [0.1, 0.15) is 6.42 Å². The summed E-state index contributed by atoms with van der Waals surface area (Å²) in [4.78, 5) is 5.45. The van der Waals surface area contributed by atoms with Gasteiger partial charge in [-0.15, -0.1) is 11.3 Å². The molecule has 17 heavy (non-hydrogen) atoms. The van der Waals surface area contributed by atoms with Crippen LogP contribution in [0.4, 0.5) is 0 Å². The van der Waals surface area contributed by atoms with E-state index in [0.29, 0.717) is 6.04 Å². The molecular formula is C13H14N2OS. The summed E-state index contributed by atoms with van der Waals surface area (Å²) in [6, 6.07) is 6.71. The second kappa shape index (κ2) is 4.85. The van der Waals surface area contributed by atoms with Gasteiger partial charge in [0.25, 0.3) is 0 Å². The lowest BCUT2D eigenvalue weighted by molar-refractivity contribution is 0.217. The van der Waals surface area contributed by atoms with Gasteiger partial charge in [-0.05, 0) is 30.5 Å². The highest BCUT2D eigenvalue weighted by molar-refractivity contribution is 7.13. The zero-order valence-corrected chi connectivity index (χ0v) is 10.2. The summed E-state index contributed by atoms with van der Waals surface area (Å²) in [5, 5.41) is 5.39. The van der Waals surface area contributed by atoms with Crippen LogP contribution in [0.15, 0.2) is 36.0 Å². The number of rotatable bonds is 4. The molecule has 1 unspecified atom stereocenters. The van der Waals surface area contributed by atoms with Crippen molar-refractivity contribution in [2.75, 3.05) is 13.2 Å². The molecule has 88 valence electrons. The Morgan fingerprint density at radius 2 is 2.41 bits per heavy atom. The third-order valence-corrected chi connectivity index (χ3v) is 3.81. The van der Waals surface area contributed by atoms with Crippen LogP contribution in [0.5, 0.6) is 5.75 Å². The van der Waals surface area contributed by atoms with Crippen LogP contribution in [0.2, 0.25) is 0 Å². The van der Waals surface area contributed by atoms with Gasteiger partial charge in [0.1, 0.15) is 12.4 Å². The number of hydrogen-bond donors (Lipinski definition) is 1. The number of thiophene rings is 1. The van der Waals surface area contributed by atoms with Crippen molar-refractivity contribution in [3.8, 4) is 16.2 Å². The van der Waals surface area contributed by atoms with Crippen LogP contribution >= 0.6 is 11.3 Å². The predicted octanol–water partition coefficient (Wildman–Crippen LogP) is 2.55. The Morgan fingerprint density at radius 3 is 3.12 bits per heavy atom. The Hall–Kier alpha value is -1.39. The van der Waals surface area contributed by atoms with Crippen molar-refractivity contribution in [1.82, 2.24) is 10.3 Å². The molecule has 3 nitrogen and oxygen atoms in total. The van der Waals surface area contributed by atoms with Gasteiger partial charge < -0.3 is 10.1 Å². The second-order valence-corrected chi connectivity index (χ2v) is 5.09. The topological polar surface area (TPSA) is 34.1 Å². The smallest absolute Gasteiger partial charge is 0.138 e. The summed E-state index contributed by atoms with van der Waals surface area (Å²) in [7, 11) is 0. The van der Waals surface area contributed by atoms with Crippen molar-refractivity contribution in [3.05, 3.63) is 36.0 Å². The summed E-state index contributed by atoms with van der Waals surface area (Å²) < 4.78 is 5.73. The van der Waals surface area contributed by atoms with Gasteiger partial charge in [-0.2, -0.15) is 0 Å². The zero-order valence-electron chi connectivity index (χ0n) is 9.43. The highest BCUT2D eigenvalue weighted by Crippen LogP contribution is 2.26. The molecule has 0 radical (unpaired) electrons. The molecule has 1 atom stereocenters. The lowest BCUT2D eigenvalue weighted by atomic mass is 10.1. The summed E-state index contributed by atoms with van der Waals surface area (Å²) in [5.41, 5.74) is 1.12. The molecule has 4 heteroatoms. The zero-order chi connectivity index (χ0) is 11.5. The maximum atomic E-state index is 5.73. The van der Waals surface area contributed by atoms with E-state index in [1.807, 2.05) is 12.3 Å². The van der Waals surface area contributed by atoms with Crippen LogP contribution in [0.3, 0.4) is 0 Å². The predicted molar refractivity (Wildman–Crippen MR) is 69.5 cm³/mol. The number of pyridine rings is 1. The first-order valence-electron chi connectivity index (χ1n) is 5.77. The maximum Gasteiger partial charge on any atom is 0.138 e. The van der Waals surface area contributed by atoms with E-state index >= 15 is 0 Å². The Balaban J connectivity index is 1.70. The molecule has 0 amide bonds. The van der Waals surface area contributed by atoms with E-state index in [1.54, 1.807) is 17.5 Å². The minimum absolute atomic E-state index is 0.514. The highest BCUT2D eigenvalue weighted by atomic mass is 32.1. The molecule has 0 bridgehead atoms. The van der Waals surface area contributed by atoms with Crippen LogP contribution in [-0.4, -0.2) is 24.2 Å². The van der Waals surface area contributed by atoms with Gasteiger partial charge in [0.05, 0.1) is 6.20 Å². The summed E-state index contributed by atoms with van der Waals surface area (Å²) in [6.07, 6.45) is 4.86. The molecule has 2 aromatic rings. The van der Waals surface area contributed by atoms with Gasteiger partial charge in [-0.3, -0.25) is 4.98 Å². The Labute approximate surface area is 104 Å². The number of nitrogens with one attached hydrogen (secondary N) is 1. The molecule has 1 fully saturated rings. The largest absolute Gasteiger partial charge is 0.490 e. The molecule has 0 spiro atoms. The lowest BCUT2D eigenvalue weighted by Crippen LogP contribution is -2.46. The van der Waals surface area contributed by atoms with Gasteiger partial charge in [0, 0.05) is 22.7 Å². The van der Waals surface area contributed by atoms with Gasteiger partial charge >= 0.3 is 0 Å². The van der Waals surface area contributed by atoms with Gasteiger partial charge in [0.15, 0.2) is 0 Å². The van der Waals surface area contributed by atoms with E-state index in [0.717, 1.165) is 24.5 Å². The Bertz CT molecular complexity index is 480. The first-order valence-corrected chi connectivity index (χ1v) is 6.65. The van der Waals surface area contributed by atoms with Crippen LogP contribution in [-0.2, 0) is 0 Å². The average Bonchev–Trinajstić information content (AvgIpc) is 2.81. The molecule has 1 N–H and O–H groups in total. The summed E-state index contributed by atoms with van der Waals surface area (Å²) in [5.74, 6) is 0.851. The van der Waals surface area contributed by atoms with Crippen molar-refractivity contribution >= 4 is 11.3 Å². The third kappa shape index (κ3) is 2.48.